The van der Waals surface area contributed by atoms with Gasteiger partial charge in [0.25, 0.3) is 0 Å². The van der Waals surface area contributed by atoms with Crippen molar-refractivity contribution in [3.8, 4) is 0 Å². The fraction of sp³-hybridized carbons (Fsp3) is 1.00. The van der Waals surface area contributed by atoms with Crippen LogP contribution in [0.4, 0.5) is 0 Å². The molecule has 0 aliphatic heterocycles. The normalized spacial score (nSPS) is 23.5. The summed E-state index contributed by atoms with van der Waals surface area (Å²) < 4.78 is 12.1. The molecule has 2 nitrogen and oxygen atoms in total. The maximum Gasteiger partial charge on any atom is 0.324 e. The van der Waals surface area contributed by atoms with E-state index in [1.165, 1.54) is 51.4 Å². The van der Waals surface area contributed by atoms with E-state index in [-0.39, 0.29) is 0 Å². The second kappa shape index (κ2) is 7.66. The molecule has 1 atom stereocenters. The Labute approximate surface area is 114 Å². The third-order valence-corrected chi connectivity index (χ3v) is 7.69. The number of hydrogen-bond acceptors (Lipinski definition) is 2. The van der Waals surface area contributed by atoms with Crippen LogP contribution in [0.3, 0.4) is 0 Å². The smallest absolute Gasteiger partial charge is 0.324 e. The molecule has 0 bridgehead atoms. The Morgan fingerprint density at radius 3 is 2.00 bits per heavy atom. The Bertz CT molecular complexity index is 219. The lowest BCUT2D eigenvalue weighted by Crippen LogP contribution is -2.35. The van der Waals surface area contributed by atoms with E-state index in [1.54, 1.807) is 0 Å². The van der Waals surface area contributed by atoms with Gasteiger partial charge in [-0.2, -0.15) is 0 Å². The van der Waals surface area contributed by atoms with Gasteiger partial charge in [0, 0.05) is 18.8 Å². The zero-order chi connectivity index (χ0) is 12.8. The average Bonchev–Trinajstić information content (AvgIpc) is 2.81. The van der Waals surface area contributed by atoms with E-state index in [1.807, 2.05) is 0 Å². The lowest BCUT2D eigenvalue weighted by atomic mass is 9.80. The topological polar surface area (TPSA) is 18.5 Å². The van der Waals surface area contributed by atoms with Crippen molar-refractivity contribution in [1.82, 2.24) is 0 Å². The minimum atomic E-state index is -1.44. The van der Waals surface area contributed by atoms with E-state index in [2.05, 4.69) is 13.8 Å². The summed E-state index contributed by atoms with van der Waals surface area (Å²) in [5, 5.41) is 0. The van der Waals surface area contributed by atoms with Crippen LogP contribution in [0.15, 0.2) is 0 Å². The van der Waals surface area contributed by atoms with Gasteiger partial charge in [0.2, 0.25) is 0 Å². The molecular weight excluding hydrogens is 240 g/mol. The molecule has 2 fully saturated rings. The summed E-state index contributed by atoms with van der Waals surface area (Å²) >= 11 is 0. The molecule has 0 saturated heterocycles. The molecule has 2 aliphatic carbocycles. The van der Waals surface area contributed by atoms with Crippen LogP contribution in [-0.2, 0) is 8.85 Å². The second-order valence-corrected chi connectivity index (χ2v) is 8.28. The fourth-order valence-corrected chi connectivity index (χ4v) is 6.33. The van der Waals surface area contributed by atoms with E-state index in [9.17, 15) is 0 Å². The monoisotopic (exact) mass is 270 g/mol. The summed E-state index contributed by atoms with van der Waals surface area (Å²) in [5.74, 6) is 1.91. The quantitative estimate of drug-likeness (QED) is 0.620. The summed E-state index contributed by atoms with van der Waals surface area (Å²) in [6, 6.07) is 0. The van der Waals surface area contributed by atoms with Crippen LogP contribution in [0.5, 0.6) is 0 Å². The van der Waals surface area contributed by atoms with Gasteiger partial charge in [-0.15, -0.1) is 0 Å². The molecule has 2 saturated carbocycles. The summed E-state index contributed by atoms with van der Waals surface area (Å²) in [5.41, 5.74) is 0.790. The Morgan fingerprint density at radius 2 is 1.56 bits per heavy atom. The molecule has 0 spiro atoms. The predicted molar refractivity (Wildman–Crippen MR) is 78.1 cm³/mol. The number of hydrogen-bond donors (Lipinski definition) is 0. The first kappa shape index (κ1) is 14.5. The molecule has 0 amide bonds. The highest BCUT2D eigenvalue weighted by molar-refractivity contribution is 6.46. The summed E-state index contributed by atoms with van der Waals surface area (Å²) in [7, 11) is -1.44. The van der Waals surface area contributed by atoms with Gasteiger partial charge in [0.05, 0.1) is 0 Å². The van der Waals surface area contributed by atoms with Gasteiger partial charge in [-0.1, -0.05) is 44.9 Å². The molecule has 0 aromatic heterocycles. The van der Waals surface area contributed by atoms with Gasteiger partial charge >= 0.3 is 9.28 Å². The second-order valence-electron chi connectivity index (χ2n) is 6.02. The Balaban J connectivity index is 1.94. The minimum absolute atomic E-state index is 0.790. The van der Waals surface area contributed by atoms with Gasteiger partial charge in [0.15, 0.2) is 0 Å². The van der Waals surface area contributed by atoms with Crippen LogP contribution in [-0.4, -0.2) is 22.5 Å². The van der Waals surface area contributed by atoms with Crippen molar-refractivity contribution in [2.24, 2.45) is 11.8 Å². The van der Waals surface area contributed by atoms with Crippen LogP contribution in [0, 0.1) is 11.8 Å². The van der Waals surface area contributed by atoms with Gasteiger partial charge in [-0.05, 0) is 32.1 Å². The van der Waals surface area contributed by atoms with Crippen molar-refractivity contribution in [2.75, 3.05) is 13.2 Å². The molecule has 0 aromatic rings. The Hall–Kier alpha value is 0.137. The van der Waals surface area contributed by atoms with Crippen LogP contribution in [0.25, 0.3) is 0 Å². The number of rotatable bonds is 8. The van der Waals surface area contributed by atoms with Crippen molar-refractivity contribution < 1.29 is 8.85 Å². The summed E-state index contributed by atoms with van der Waals surface area (Å²) in [6.07, 6.45) is 11.5. The van der Waals surface area contributed by atoms with E-state index < -0.39 is 9.28 Å². The van der Waals surface area contributed by atoms with Crippen molar-refractivity contribution in [2.45, 2.75) is 70.8 Å². The van der Waals surface area contributed by atoms with Crippen LogP contribution >= 0.6 is 0 Å². The van der Waals surface area contributed by atoms with Crippen LogP contribution < -0.4 is 0 Å². The van der Waals surface area contributed by atoms with E-state index in [0.717, 1.165) is 30.6 Å². The maximum atomic E-state index is 6.04. The van der Waals surface area contributed by atoms with Crippen LogP contribution in [0.1, 0.15) is 65.2 Å². The molecule has 18 heavy (non-hydrogen) atoms. The van der Waals surface area contributed by atoms with Gasteiger partial charge in [-0.25, -0.2) is 0 Å². The maximum absolute atomic E-state index is 6.04. The average molecular weight is 270 g/mol. The van der Waals surface area contributed by atoms with E-state index in [0.29, 0.717) is 0 Å². The van der Waals surface area contributed by atoms with Crippen molar-refractivity contribution in [1.29, 1.82) is 0 Å². The molecule has 3 heteroatoms. The van der Waals surface area contributed by atoms with Gasteiger partial charge in [0.1, 0.15) is 0 Å². The van der Waals surface area contributed by atoms with Crippen molar-refractivity contribution >= 4 is 9.28 Å². The lowest BCUT2D eigenvalue weighted by Gasteiger charge is -2.35. The highest BCUT2D eigenvalue weighted by Crippen LogP contribution is 2.44. The molecular formula is C15H30O2Si. The first-order valence-corrected chi connectivity index (χ1v) is 9.69. The molecule has 0 heterocycles. The Kier molecular flexibility index (Phi) is 6.19. The van der Waals surface area contributed by atoms with Crippen molar-refractivity contribution in [3.05, 3.63) is 0 Å². The van der Waals surface area contributed by atoms with Crippen LogP contribution in [0.2, 0.25) is 5.54 Å². The molecule has 0 radical (unpaired) electrons. The minimum Gasteiger partial charge on any atom is -0.397 e. The van der Waals surface area contributed by atoms with E-state index >= 15 is 0 Å². The largest absolute Gasteiger partial charge is 0.397 e. The lowest BCUT2D eigenvalue weighted by molar-refractivity contribution is 0.175. The molecule has 1 unspecified atom stereocenters. The van der Waals surface area contributed by atoms with Crippen molar-refractivity contribution in [3.63, 3.8) is 0 Å². The summed E-state index contributed by atoms with van der Waals surface area (Å²) in [4.78, 5) is 0. The highest BCUT2D eigenvalue weighted by Gasteiger charge is 2.37. The predicted octanol–water partition coefficient (Wildman–Crippen LogP) is 4.03. The summed E-state index contributed by atoms with van der Waals surface area (Å²) in [6.45, 7) is 5.91. The molecule has 2 rings (SSSR count). The zero-order valence-electron chi connectivity index (χ0n) is 12.2. The van der Waals surface area contributed by atoms with E-state index in [4.69, 9.17) is 8.85 Å². The Morgan fingerprint density at radius 1 is 0.944 bits per heavy atom. The SMILES string of the molecule is CCO[SiH](OCC)C(CC1CCC1)C1CCCC1. The van der Waals surface area contributed by atoms with Gasteiger partial charge < -0.3 is 8.85 Å². The highest BCUT2D eigenvalue weighted by atomic mass is 28.3. The fourth-order valence-electron chi connectivity index (χ4n) is 3.65. The molecule has 106 valence electrons. The molecule has 0 aromatic carbocycles. The zero-order valence-corrected chi connectivity index (χ0v) is 13.4. The third-order valence-electron chi connectivity index (χ3n) is 4.85. The molecule has 0 N–H and O–H groups in total. The third kappa shape index (κ3) is 3.81. The van der Waals surface area contributed by atoms with Gasteiger partial charge in [-0.3, -0.25) is 0 Å². The first-order valence-electron chi connectivity index (χ1n) is 8.08. The molecule has 2 aliphatic rings. The first-order chi connectivity index (χ1) is 8.85. The standard InChI is InChI=1S/C15H30O2Si/c1-3-16-18(17-4-2)15(12-13-8-7-9-13)14-10-5-6-11-14/h13-15,18H,3-12H2,1-2H3.